The van der Waals surface area contributed by atoms with E-state index in [1.165, 1.54) is 11.1 Å². The average molecular weight is 349 g/mol. The highest BCUT2D eigenvalue weighted by molar-refractivity contribution is 5.79. The smallest absolute Gasteiger partial charge is 0.193 e. The second-order valence-electron chi connectivity index (χ2n) is 6.62. The van der Waals surface area contributed by atoms with Gasteiger partial charge in [-0.3, -0.25) is 4.99 Å². The Morgan fingerprint density at radius 3 is 2.65 bits per heavy atom. The Hall–Kier alpha value is -2.82. The zero-order valence-electron chi connectivity index (χ0n) is 15.8. The summed E-state index contributed by atoms with van der Waals surface area (Å²) in [4.78, 5) is 14.5. The number of aliphatic imine (C=N–C) groups is 1. The molecule has 0 fully saturated rings. The minimum atomic E-state index is 0.837. The molecule has 5 heteroatoms. The highest BCUT2D eigenvalue weighted by atomic mass is 15.3. The fraction of sp³-hybridized carbons (Fsp3) is 0.333. The Kier molecular flexibility index (Phi) is 5.89. The van der Waals surface area contributed by atoms with Crippen LogP contribution < -0.4 is 5.32 Å². The minimum absolute atomic E-state index is 0.837. The van der Waals surface area contributed by atoms with Crippen LogP contribution in [0.4, 0.5) is 0 Å². The first-order valence-corrected chi connectivity index (χ1v) is 9.06. The molecule has 0 amide bonds. The number of guanidine groups is 1. The van der Waals surface area contributed by atoms with Crippen molar-refractivity contribution >= 4 is 17.0 Å². The van der Waals surface area contributed by atoms with Gasteiger partial charge in [0.2, 0.25) is 0 Å². The number of aromatic amines is 1. The fourth-order valence-electron chi connectivity index (χ4n) is 3.01. The second kappa shape index (κ2) is 8.52. The summed E-state index contributed by atoms with van der Waals surface area (Å²) in [5.74, 6) is 1.95. The van der Waals surface area contributed by atoms with E-state index in [1.54, 1.807) is 0 Å². The molecule has 3 rings (SSSR count). The van der Waals surface area contributed by atoms with Gasteiger partial charge < -0.3 is 15.2 Å². The van der Waals surface area contributed by atoms with Crippen LogP contribution in [0.1, 0.15) is 23.4 Å². The van der Waals surface area contributed by atoms with E-state index >= 15 is 0 Å². The van der Waals surface area contributed by atoms with E-state index in [0.29, 0.717) is 0 Å². The maximum Gasteiger partial charge on any atom is 0.193 e. The van der Waals surface area contributed by atoms with Crippen LogP contribution in [0.15, 0.2) is 53.5 Å². The van der Waals surface area contributed by atoms with Gasteiger partial charge in [-0.15, -0.1) is 0 Å². The first-order valence-electron chi connectivity index (χ1n) is 9.06. The molecule has 0 aliphatic heterocycles. The summed E-state index contributed by atoms with van der Waals surface area (Å²) in [7, 11) is 3.89. The quantitative estimate of drug-likeness (QED) is 0.407. The summed E-state index contributed by atoms with van der Waals surface area (Å²) in [6.45, 7) is 3.81. The van der Waals surface area contributed by atoms with Gasteiger partial charge in [-0.05, 0) is 31.0 Å². The number of H-pyrrole nitrogens is 1. The van der Waals surface area contributed by atoms with Crippen molar-refractivity contribution in [2.24, 2.45) is 4.99 Å². The summed E-state index contributed by atoms with van der Waals surface area (Å²) < 4.78 is 0. The van der Waals surface area contributed by atoms with E-state index in [2.05, 4.69) is 69.5 Å². The number of aromatic nitrogens is 2. The molecule has 0 unspecified atom stereocenters. The summed E-state index contributed by atoms with van der Waals surface area (Å²) in [5, 5.41) is 3.44. The van der Waals surface area contributed by atoms with E-state index in [0.717, 1.165) is 48.7 Å². The number of nitrogens with one attached hydrogen (secondary N) is 2. The molecular formula is C21H27N5. The summed E-state index contributed by atoms with van der Waals surface area (Å²) in [6.07, 6.45) is 1.91. The molecule has 0 aliphatic rings. The molecule has 2 N–H and O–H groups in total. The van der Waals surface area contributed by atoms with Crippen LogP contribution in [0, 0.1) is 6.92 Å². The van der Waals surface area contributed by atoms with Gasteiger partial charge in [-0.1, -0.05) is 42.0 Å². The largest absolute Gasteiger partial charge is 0.356 e. The lowest BCUT2D eigenvalue weighted by atomic mass is 10.1. The maximum absolute atomic E-state index is 4.62. The van der Waals surface area contributed by atoms with E-state index in [9.17, 15) is 0 Å². The van der Waals surface area contributed by atoms with Crippen molar-refractivity contribution in [3.8, 4) is 0 Å². The molecule has 2 aromatic carbocycles. The molecule has 3 aromatic rings. The molecule has 0 saturated heterocycles. The van der Waals surface area contributed by atoms with Crippen molar-refractivity contribution < 1.29 is 0 Å². The maximum atomic E-state index is 4.62. The van der Waals surface area contributed by atoms with Gasteiger partial charge in [-0.25, -0.2) is 4.98 Å². The molecule has 0 saturated carbocycles. The van der Waals surface area contributed by atoms with Gasteiger partial charge in [0, 0.05) is 33.6 Å². The minimum Gasteiger partial charge on any atom is -0.356 e. The topological polar surface area (TPSA) is 56.3 Å². The third-order valence-corrected chi connectivity index (χ3v) is 4.43. The third-order valence-electron chi connectivity index (χ3n) is 4.43. The van der Waals surface area contributed by atoms with Crippen LogP contribution in [0.3, 0.4) is 0 Å². The van der Waals surface area contributed by atoms with Gasteiger partial charge in [0.15, 0.2) is 5.96 Å². The van der Waals surface area contributed by atoms with Crippen LogP contribution in [0.2, 0.25) is 0 Å². The van der Waals surface area contributed by atoms with Crippen LogP contribution >= 0.6 is 0 Å². The number of rotatable bonds is 6. The van der Waals surface area contributed by atoms with Gasteiger partial charge in [0.05, 0.1) is 11.0 Å². The molecule has 0 radical (unpaired) electrons. The van der Waals surface area contributed by atoms with Gasteiger partial charge >= 0.3 is 0 Å². The molecule has 0 spiro atoms. The summed E-state index contributed by atoms with van der Waals surface area (Å²) in [5.41, 5.74) is 4.70. The van der Waals surface area contributed by atoms with Gasteiger partial charge in [-0.2, -0.15) is 0 Å². The van der Waals surface area contributed by atoms with E-state index in [-0.39, 0.29) is 0 Å². The van der Waals surface area contributed by atoms with Crippen molar-refractivity contribution in [1.82, 2.24) is 20.2 Å². The lowest BCUT2D eigenvalue weighted by molar-refractivity contribution is 0.475. The number of nitrogens with zero attached hydrogens (tertiary/aromatic N) is 3. The number of hydrogen-bond donors (Lipinski definition) is 2. The Morgan fingerprint density at radius 2 is 1.92 bits per heavy atom. The van der Waals surface area contributed by atoms with Crippen LogP contribution in [0.25, 0.3) is 11.0 Å². The molecule has 136 valence electrons. The Bertz CT molecular complexity index is 830. The molecule has 1 heterocycles. The molecule has 0 atom stereocenters. The Labute approximate surface area is 155 Å². The summed E-state index contributed by atoms with van der Waals surface area (Å²) in [6, 6.07) is 16.8. The zero-order chi connectivity index (χ0) is 18.4. The SMILES string of the molecule is CN=C(NCCCc1nc2ccccc2[nH]1)N(C)Cc1ccc(C)cc1. The Morgan fingerprint density at radius 1 is 1.15 bits per heavy atom. The van der Waals surface area contributed by atoms with E-state index < -0.39 is 0 Å². The number of imidazole rings is 1. The van der Waals surface area contributed by atoms with Crippen molar-refractivity contribution in [3.05, 3.63) is 65.5 Å². The molecule has 26 heavy (non-hydrogen) atoms. The number of fused-ring (bicyclic) bond motifs is 1. The van der Waals surface area contributed by atoms with Gasteiger partial charge in [0.1, 0.15) is 5.82 Å². The van der Waals surface area contributed by atoms with Crippen LogP contribution in [0.5, 0.6) is 0 Å². The van der Waals surface area contributed by atoms with Crippen LogP contribution in [-0.2, 0) is 13.0 Å². The first-order chi connectivity index (χ1) is 12.7. The standard InChI is InChI=1S/C21H27N5/c1-16-10-12-17(13-11-16)15-26(3)21(22-2)23-14-6-9-20-24-18-7-4-5-8-19(18)25-20/h4-5,7-8,10-13H,6,9,14-15H2,1-3H3,(H,22,23)(H,24,25). The summed E-state index contributed by atoms with van der Waals surface area (Å²) >= 11 is 0. The Balaban J connectivity index is 1.46. The normalized spacial score (nSPS) is 11.7. The predicted molar refractivity (Wildman–Crippen MR) is 108 cm³/mol. The predicted octanol–water partition coefficient (Wildman–Crippen LogP) is 3.51. The van der Waals surface area contributed by atoms with Gasteiger partial charge in [0.25, 0.3) is 0 Å². The average Bonchev–Trinajstić information content (AvgIpc) is 3.06. The molecule has 0 aliphatic carbocycles. The fourth-order valence-corrected chi connectivity index (χ4v) is 3.01. The molecular weight excluding hydrogens is 322 g/mol. The molecule has 1 aromatic heterocycles. The van der Waals surface area contributed by atoms with Crippen LogP contribution in [-0.4, -0.2) is 41.5 Å². The second-order valence-corrected chi connectivity index (χ2v) is 6.62. The van der Waals surface area contributed by atoms with Crippen molar-refractivity contribution in [2.45, 2.75) is 26.3 Å². The highest BCUT2D eigenvalue weighted by Crippen LogP contribution is 2.11. The van der Waals surface area contributed by atoms with Crippen molar-refractivity contribution in [3.63, 3.8) is 0 Å². The number of benzene rings is 2. The highest BCUT2D eigenvalue weighted by Gasteiger charge is 2.07. The van der Waals surface area contributed by atoms with Crippen molar-refractivity contribution in [2.75, 3.05) is 20.6 Å². The molecule has 0 bridgehead atoms. The first kappa shape index (κ1) is 18.0. The van der Waals surface area contributed by atoms with E-state index in [1.807, 2.05) is 25.2 Å². The van der Waals surface area contributed by atoms with Crippen molar-refractivity contribution in [1.29, 1.82) is 0 Å². The number of para-hydroxylation sites is 2. The lowest BCUT2D eigenvalue weighted by Crippen LogP contribution is -2.39. The third kappa shape index (κ3) is 4.63. The lowest BCUT2D eigenvalue weighted by Gasteiger charge is -2.22. The zero-order valence-corrected chi connectivity index (χ0v) is 15.8. The monoisotopic (exact) mass is 349 g/mol. The number of hydrogen-bond acceptors (Lipinski definition) is 2. The molecule has 5 nitrogen and oxygen atoms in total. The van der Waals surface area contributed by atoms with E-state index in [4.69, 9.17) is 0 Å². The number of aryl methyl sites for hydroxylation is 2.